The van der Waals surface area contributed by atoms with Crippen molar-refractivity contribution in [2.45, 2.75) is 46.6 Å². The van der Waals surface area contributed by atoms with Gasteiger partial charge in [0.25, 0.3) is 0 Å². The molecule has 0 aliphatic carbocycles. The minimum atomic E-state index is -0.253. The lowest BCUT2D eigenvalue weighted by Crippen LogP contribution is -2.38. The lowest BCUT2D eigenvalue weighted by Gasteiger charge is -2.21. The van der Waals surface area contributed by atoms with E-state index < -0.39 is 0 Å². The maximum absolute atomic E-state index is 13.8. The Balaban J connectivity index is 1.95. The van der Waals surface area contributed by atoms with E-state index in [4.69, 9.17) is 9.47 Å². The van der Waals surface area contributed by atoms with Crippen molar-refractivity contribution in [2.75, 3.05) is 26.4 Å². The molecule has 0 fully saturated rings. The minimum absolute atomic E-state index is 0.221. The van der Waals surface area contributed by atoms with Crippen LogP contribution in [0.1, 0.15) is 44.7 Å². The summed E-state index contributed by atoms with van der Waals surface area (Å²) in [7, 11) is 0. The summed E-state index contributed by atoms with van der Waals surface area (Å²) in [5.41, 5.74) is 1.64. The molecule has 0 saturated heterocycles. The van der Waals surface area contributed by atoms with E-state index in [9.17, 15) is 4.39 Å². The van der Waals surface area contributed by atoms with Gasteiger partial charge >= 0.3 is 0 Å². The van der Waals surface area contributed by atoms with Crippen LogP contribution in [0.25, 0.3) is 0 Å². The number of ether oxygens (including phenoxy) is 2. The number of fused-ring (bicyclic) bond motifs is 1. The molecule has 5 nitrogen and oxygen atoms in total. The summed E-state index contributed by atoms with van der Waals surface area (Å²) in [6.45, 7) is 9.34. The van der Waals surface area contributed by atoms with Crippen LogP contribution in [-0.4, -0.2) is 32.4 Å². The van der Waals surface area contributed by atoms with Gasteiger partial charge in [0.1, 0.15) is 11.6 Å². The molecule has 1 aliphatic heterocycles. The van der Waals surface area contributed by atoms with Crippen LogP contribution in [0.3, 0.4) is 0 Å². The van der Waals surface area contributed by atoms with Crippen LogP contribution in [0.5, 0.6) is 5.75 Å². The Morgan fingerprint density at radius 1 is 1.24 bits per heavy atom. The zero-order chi connectivity index (χ0) is 18.1. The van der Waals surface area contributed by atoms with Crippen LogP contribution in [0.4, 0.5) is 4.39 Å². The third kappa shape index (κ3) is 5.88. The second kappa shape index (κ2) is 10.2. The molecule has 1 heterocycles. The number of aliphatic imine (C=N–C) groups is 1. The molecule has 0 bridgehead atoms. The molecule has 1 aromatic rings. The second-order valence-electron chi connectivity index (χ2n) is 6.24. The van der Waals surface area contributed by atoms with Gasteiger partial charge in [0.05, 0.1) is 6.61 Å². The smallest absolute Gasteiger partial charge is 0.191 e. The molecule has 0 unspecified atom stereocenters. The molecule has 6 heteroatoms. The van der Waals surface area contributed by atoms with Crippen molar-refractivity contribution in [3.63, 3.8) is 0 Å². The van der Waals surface area contributed by atoms with Crippen LogP contribution in [0.2, 0.25) is 0 Å². The first-order chi connectivity index (χ1) is 12.2. The highest BCUT2D eigenvalue weighted by Gasteiger charge is 2.16. The predicted octanol–water partition coefficient (Wildman–Crippen LogP) is 3.23. The van der Waals surface area contributed by atoms with Gasteiger partial charge in [-0.05, 0) is 37.0 Å². The molecular weight excluding hydrogens is 321 g/mol. The van der Waals surface area contributed by atoms with Crippen molar-refractivity contribution in [2.24, 2.45) is 10.9 Å². The predicted molar refractivity (Wildman–Crippen MR) is 98.4 cm³/mol. The summed E-state index contributed by atoms with van der Waals surface area (Å²) in [5.74, 6) is 1.92. The average Bonchev–Trinajstić information content (AvgIpc) is 2.62. The molecule has 25 heavy (non-hydrogen) atoms. The molecule has 0 atom stereocenters. The van der Waals surface area contributed by atoms with E-state index in [1.807, 2.05) is 6.92 Å². The van der Waals surface area contributed by atoms with E-state index in [2.05, 4.69) is 29.5 Å². The third-order valence-electron chi connectivity index (χ3n) is 4.45. The minimum Gasteiger partial charge on any atom is -0.467 e. The highest BCUT2D eigenvalue weighted by molar-refractivity contribution is 5.79. The fourth-order valence-electron chi connectivity index (χ4n) is 2.87. The summed E-state index contributed by atoms with van der Waals surface area (Å²) in [4.78, 5) is 4.66. The van der Waals surface area contributed by atoms with Gasteiger partial charge in [-0.1, -0.05) is 26.7 Å². The zero-order valence-corrected chi connectivity index (χ0v) is 15.5. The van der Waals surface area contributed by atoms with E-state index in [0.29, 0.717) is 25.5 Å². The van der Waals surface area contributed by atoms with E-state index >= 15 is 0 Å². The Hall–Kier alpha value is -1.82. The Morgan fingerprint density at radius 3 is 2.76 bits per heavy atom. The van der Waals surface area contributed by atoms with Gasteiger partial charge in [0, 0.05) is 25.2 Å². The maximum atomic E-state index is 13.8. The molecule has 1 aliphatic rings. The lowest BCUT2D eigenvalue weighted by molar-refractivity contribution is -0.0172. The van der Waals surface area contributed by atoms with Crippen molar-refractivity contribution >= 4 is 5.96 Å². The summed E-state index contributed by atoms with van der Waals surface area (Å²) in [5, 5.41) is 6.59. The molecule has 0 radical (unpaired) electrons. The van der Waals surface area contributed by atoms with Crippen LogP contribution in [-0.2, 0) is 17.8 Å². The highest BCUT2D eigenvalue weighted by Crippen LogP contribution is 2.29. The summed E-state index contributed by atoms with van der Waals surface area (Å²) in [6.07, 6.45) is 2.93. The van der Waals surface area contributed by atoms with E-state index in [-0.39, 0.29) is 12.6 Å². The van der Waals surface area contributed by atoms with Crippen molar-refractivity contribution in [3.8, 4) is 5.75 Å². The molecule has 2 N–H and O–H groups in total. The lowest BCUT2D eigenvalue weighted by atomic mass is 10.0. The quantitative estimate of drug-likeness (QED) is 0.558. The Bertz CT molecular complexity index is 574. The largest absolute Gasteiger partial charge is 0.467 e. The molecule has 0 amide bonds. The number of benzene rings is 1. The number of nitrogens with zero attached hydrogens (tertiary/aromatic N) is 1. The standard InChI is InChI=1S/C19H30FN3O2/c1-4-14(5-2)11-23-19(21-6-3)22-8-7-15-9-17(20)10-16-12-24-13-25-18(15)16/h9-10,14H,4-8,11-13H2,1-3H3,(H2,21,22,23). The number of nitrogens with one attached hydrogen (secondary N) is 2. The maximum Gasteiger partial charge on any atom is 0.191 e. The average molecular weight is 351 g/mol. The van der Waals surface area contributed by atoms with Crippen molar-refractivity contribution in [1.29, 1.82) is 0 Å². The number of halogens is 1. The number of hydrogen-bond acceptors (Lipinski definition) is 3. The number of guanidine groups is 1. The van der Waals surface area contributed by atoms with Gasteiger partial charge in [0.2, 0.25) is 0 Å². The molecule has 0 spiro atoms. The Kier molecular flexibility index (Phi) is 7.98. The molecule has 1 aromatic carbocycles. The van der Waals surface area contributed by atoms with Gasteiger partial charge in [0.15, 0.2) is 12.8 Å². The fourth-order valence-corrected chi connectivity index (χ4v) is 2.87. The van der Waals surface area contributed by atoms with Gasteiger partial charge in [-0.2, -0.15) is 0 Å². The SMILES string of the molecule is CCNC(=NCC(CC)CC)NCCc1cc(F)cc2c1OCOC2. The van der Waals surface area contributed by atoms with Crippen molar-refractivity contribution in [1.82, 2.24) is 10.6 Å². The number of rotatable bonds is 8. The van der Waals surface area contributed by atoms with E-state index in [1.54, 1.807) is 6.07 Å². The van der Waals surface area contributed by atoms with Crippen molar-refractivity contribution in [3.05, 3.63) is 29.1 Å². The highest BCUT2D eigenvalue weighted by atomic mass is 19.1. The van der Waals surface area contributed by atoms with Gasteiger partial charge in [-0.15, -0.1) is 0 Å². The summed E-state index contributed by atoms with van der Waals surface area (Å²) < 4.78 is 24.6. The van der Waals surface area contributed by atoms with Crippen LogP contribution >= 0.6 is 0 Å². The van der Waals surface area contributed by atoms with Gasteiger partial charge < -0.3 is 20.1 Å². The first-order valence-electron chi connectivity index (χ1n) is 9.21. The second-order valence-corrected chi connectivity index (χ2v) is 6.24. The van der Waals surface area contributed by atoms with Gasteiger partial charge in [-0.25, -0.2) is 4.39 Å². The van der Waals surface area contributed by atoms with Gasteiger partial charge in [-0.3, -0.25) is 4.99 Å². The van der Waals surface area contributed by atoms with Crippen molar-refractivity contribution < 1.29 is 13.9 Å². The first-order valence-corrected chi connectivity index (χ1v) is 9.21. The molecule has 0 aromatic heterocycles. The van der Waals surface area contributed by atoms with Crippen LogP contribution in [0.15, 0.2) is 17.1 Å². The fraction of sp³-hybridized carbons (Fsp3) is 0.632. The van der Waals surface area contributed by atoms with E-state index in [1.165, 1.54) is 6.07 Å². The topological polar surface area (TPSA) is 54.9 Å². The summed E-state index contributed by atoms with van der Waals surface area (Å²) >= 11 is 0. The van der Waals surface area contributed by atoms with E-state index in [0.717, 1.165) is 48.8 Å². The monoisotopic (exact) mass is 351 g/mol. The van der Waals surface area contributed by atoms with Crippen LogP contribution < -0.4 is 15.4 Å². The molecule has 0 saturated carbocycles. The molecule has 140 valence electrons. The first kappa shape index (κ1) is 19.5. The molecular formula is C19H30FN3O2. The number of hydrogen-bond donors (Lipinski definition) is 2. The molecule has 2 rings (SSSR count). The normalized spacial score (nSPS) is 14.2. The summed E-state index contributed by atoms with van der Waals surface area (Å²) in [6, 6.07) is 3.02. The Labute approximate surface area is 150 Å². The van der Waals surface area contributed by atoms with Crippen LogP contribution in [0, 0.1) is 11.7 Å². The Morgan fingerprint density at radius 2 is 2.04 bits per heavy atom. The third-order valence-corrected chi connectivity index (χ3v) is 4.45. The zero-order valence-electron chi connectivity index (χ0n) is 15.5.